The van der Waals surface area contributed by atoms with E-state index in [0.717, 1.165) is 19.5 Å². The monoisotopic (exact) mass is 274 g/mol. The number of ether oxygens (including phenoxy) is 1. The second-order valence-corrected chi connectivity index (χ2v) is 3.98. The summed E-state index contributed by atoms with van der Waals surface area (Å²) >= 11 is 0. The Bertz CT molecular complexity index is 423. The van der Waals surface area contributed by atoms with Gasteiger partial charge in [0.2, 0.25) is 0 Å². The maximum Gasteiger partial charge on any atom is 0.258 e. The van der Waals surface area contributed by atoms with E-state index in [1.165, 1.54) is 19.2 Å². The SMILES string of the molecule is COc1cccc(F)c1C(=O)NC1CCNC1.Cl. The summed E-state index contributed by atoms with van der Waals surface area (Å²) in [6.45, 7) is 1.60. The minimum Gasteiger partial charge on any atom is -0.496 e. The Morgan fingerprint density at radius 3 is 2.94 bits per heavy atom. The summed E-state index contributed by atoms with van der Waals surface area (Å²) in [5.74, 6) is -0.727. The second-order valence-electron chi connectivity index (χ2n) is 3.98. The van der Waals surface area contributed by atoms with Crippen molar-refractivity contribution in [2.24, 2.45) is 0 Å². The highest BCUT2D eigenvalue weighted by Crippen LogP contribution is 2.21. The maximum absolute atomic E-state index is 13.6. The van der Waals surface area contributed by atoms with Crippen LogP contribution in [0.15, 0.2) is 18.2 Å². The highest BCUT2D eigenvalue weighted by Gasteiger charge is 2.22. The van der Waals surface area contributed by atoms with Gasteiger partial charge in [0.05, 0.1) is 7.11 Å². The van der Waals surface area contributed by atoms with E-state index in [0.29, 0.717) is 0 Å². The molecule has 2 N–H and O–H groups in total. The summed E-state index contributed by atoms with van der Waals surface area (Å²) in [5, 5.41) is 5.92. The van der Waals surface area contributed by atoms with E-state index in [-0.39, 0.29) is 29.8 Å². The fourth-order valence-corrected chi connectivity index (χ4v) is 1.93. The molecule has 2 rings (SSSR count). The van der Waals surface area contributed by atoms with Crippen LogP contribution in [0.5, 0.6) is 5.75 Å². The zero-order valence-corrected chi connectivity index (χ0v) is 10.8. The molecule has 0 aromatic heterocycles. The van der Waals surface area contributed by atoms with Crippen LogP contribution in [0, 0.1) is 5.82 Å². The van der Waals surface area contributed by atoms with E-state index < -0.39 is 11.7 Å². The molecule has 1 unspecified atom stereocenters. The van der Waals surface area contributed by atoms with Gasteiger partial charge < -0.3 is 15.4 Å². The van der Waals surface area contributed by atoms with Gasteiger partial charge in [-0.2, -0.15) is 0 Å². The predicted molar refractivity (Wildman–Crippen MR) is 68.9 cm³/mol. The van der Waals surface area contributed by atoms with Gasteiger partial charge in [0.15, 0.2) is 0 Å². The molecule has 0 radical (unpaired) electrons. The summed E-state index contributed by atoms with van der Waals surface area (Å²) < 4.78 is 18.6. The summed E-state index contributed by atoms with van der Waals surface area (Å²) in [7, 11) is 1.42. The predicted octanol–water partition coefficient (Wildman–Crippen LogP) is 1.35. The highest BCUT2D eigenvalue weighted by atomic mass is 35.5. The van der Waals surface area contributed by atoms with Crippen molar-refractivity contribution >= 4 is 18.3 Å². The van der Waals surface area contributed by atoms with Crippen molar-refractivity contribution in [1.82, 2.24) is 10.6 Å². The van der Waals surface area contributed by atoms with Gasteiger partial charge in [-0.1, -0.05) is 6.07 Å². The molecule has 1 aliphatic rings. The molecule has 18 heavy (non-hydrogen) atoms. The van der Waals surface area contributed by atoms with Crippen molar-refractivity contribution in [2.45, 2.75) is 12.5 Å². The van der Waals surface area contributed by atoms with Crippen LogP contribution >= 0.6 is 12.4 Å². The largest absolute Gasteiger partial charge is 0.496 e. The minimum atomic E-state index is -0.562. The number of halogens is 2. The van der Waals surface area contributed by atoms with Gasteiger partial charge in [0.1, 0.15) is 17.1 Å². The Kier molecular flexibility index (Phi) is 5.37. The lowest BCUT2D eigenvalue weighted by atomic mass is 10.1. The molecular weight excluding hydrogens is 259 g/mol. The first kappa shape index (κ1) is 14.7. The quantitative estimate of drug-likeness (QED) is 0.875. The lowest BCUT2D eigenvalue weighted by Crippen LogP contribution is -2.36. The second kappa shape index (κ2) is 6.56. The van der Waals surface area contributed by atoms with Gasteiger partial charge in [0, 0.05) is 12.6 Å². The van der Waals surface area contributed by atoms with Crippen LogP contribution in [0.4, 0.5) is 4.39 Å². The Balaban J connectivity index is 0.00000162. The van der Waals surface area contributed by atoms with Gasteiger partial charge in [-0.3, -0.25) is 4.79 Å². The third-order valence-corrected chi connectivity index (χ3v) is 2.82. The first-order chi connectivity index (χ1) is 8.22. The smallest absolute Gasteiger partial charge is 0.258 e. The third-order valence-electron chi connectivity index (χ3n) is 2.82. The molecule has 100 valence electrons. The van der Waals surface area contributed by atoms with E-state index in [1.807, 2.05) is 0 Å². The zero-order valence-electron chi connectivity index (χ0n) is 10.0. The molecule has 1 heterocycles. The number of rotatable bonds is 3. The lowest BCUT2D eigenvalue weighted by molar-refractivity contribution is 0.0932. The summed E-state index contributed by atoms with van der Waals surface area (Å²) in [4.78, 5) is 11.9. The van der Waals surface area contributed by atoms with Gasteiger partial charge in [0.25, 0.3) is 5.91 Å². The Labute approximate surface area is 111 Å². The molecule has 1 aliphatic heterocycles. The Morgan fingerprint density at radius 2 is 2.33 bits per heavy atom. The Hall–Kier alpha value is -1.33. The summed E-state index contributed by atoms with van der Waals surface area (Å²) in [6, 6.07) is 4.41. The standard InChI is InChI=1S/C12H15FN2O2.ClH/c1-17-10-4-2-3-9(13)11(10)12(16)15-8-5-6-14-7-8;/h2-4,8,14H,5-7H2,1H3,(H,15,16);1H. The normalized spacial score (nSPS) is 18.0. The van der Waals surface area contributed by atoms with Crippen LogP contribution in [-0.4, -0.2) is 32.1 Å². The maximum atomic E-state index is 13.6. The van der Waals surface area contributed by atoms with Crippen LogP contribution in [-0.2, 0) is 0 Å². The van der Waals surface area contributed by atoms with Gasteiger partial charge in [-0.15, -0.1) is 12.4 Å². The average Bonchev–Trinajstić information content (AvgIpc) is 2.81. The van der Waals surface area contributed by atoms with Crippen LogP contribution in [0.1, 0.15) is 16.8 Å². The summed E-state index contributed by atoms with van der Waals surface area (Å²) in [5.41, 5.74) is -0.0260. The highest BCUT2D eigenvalue weighted by molar-refractivity contribution is 5.97. The number of carbonyl (C=O) groups excluding carboxylic acids is 1. The molecule has 4 nitrogen and oxygen atoms in total. The number of hydrogen-bond donors (Lipinski definition) is 2. The van der Waals surface area contributed by atoms with Gasteiger partial charge in [-0.25, -0.2) is 4.39 Å². The minimum absolute atomic E-state index is 0. The van der Waals surface area contributed by atoms with Crippen LogP contribution in [0.3, 0.4) is 0 Å². The van der Waals surface area contributed by atoms with Crippen LogP contribution < -0.4 is 15.4 Å². The molecule has 0 saturated carbocycles. The van der Waals surface area contributed by atoms with Crippen molar-refractivity contribution in [1.29, 1.82) is 0 Å². The molecule has 6 heteroatoms. The van der Waals surface area contributed by atoms with E-state index >= 15 is 0 Å². The number of benzene rings is 1. The average molecular weight is 275 g/mol. The van der Waals surface area contributed by atoms with Crippen LogP contribution in [0.25, 0.3) is 0 Å². The van der Waals surface area contributed by atoms with Crippen molar-refractivity contribution < 1.29 is 13.9 Å². The fraction of sp³-hybridized carbons (Fsp3) is 0.417. The van der Waals surface area contributed by atoms with E-state index in [4.69, 9.17) is 4.74 Å². The van der Waals surface area contributed by atoms with Crippen LogP contribution in [0.2, 0.25) is 0 Å². The first-order valence-corrected chi connectivity index (χ1v) is 5.56. The van der Waals surface area contributed by atoms with Crippen molar-refractivity contribution in [3.63, 3.8) is 0 Å². The molecular formula is C12H16ClFN2O2. The molecule has 0 bridgehead atoms. The molecule has 1 aromatic rings. The third kappa shape index (κ3) is 3.11. The first-order valence-electron chi connectivity index (χ1n) is 5.56. The van der Waals surface area contributed by atoms with Crippen molar-refractivity contribution in [3.8, 4) is 5.75 Å². The van der Waals surface area contributed by atoms with Crippen molar-refractivity contribution in [3.05, 3.63) is 29.6 Å². The van der Waals surface area contributed by atoms with Gasteiger partial charge >= 0.3 is 0 Å². The molecule has 1 amide bonds. The van der Waals surface area contributed by atoms with Crippen molar-refractivity contribution in [2.75, 3.05) is 20.2 Å². The topological polar surface area (TPSA) is 50.4 Å². The fourth-order valence-electron chi connectivity index (χ4n) is 1.93. The molecule has 1 fully saturated rings. The number of carbonyl (C=O) groups is 1. The molecule has 1 saturated heterocycles. The lowest BCUT2D eigenvalue weighted by Gasteiger charge is -2.13. The number of methoxy groups -OCH3 is 1. The molecule has 0 spiro atoms. The van der Waals surface area contributed by atoms with E-state index in [1.54, 1.807) is 6.07 Å². The molecule has 0 aliphatic carbocycles. The number of hydrogen-bond acceptors (Lipinski definition) is 3. The zero-order chi connectivity index (χ0) is 12.3. The number of amides is 1. The van der Waals surface area contributed by atoms with Gasteiger partial charge in [-0.05, 0) is 25.1 Å². The summed E-state index contributed by atoms with van der Waals surface area (Å²) in [6.07, 6.45) is 0.864. The number of nitrogens with one attached hydrogen (secondary N) is 2. The Morgan fingerprint density at radius 1 is 1.56 bits per heavy atom. The molecule has 1 aromatic carbocycles. The molecule has 1 atom stereocenters. The van der Waals surface area contributed by atoms with E-state index in [9.17, 15) is 9.18 Å². The van der Waals surface area contributed by atoms with E-state index in [2.05, 4.69) is 10.6 Å².